The fraction of sp³-hybridized carbons (Fsp3) is 0.200. The maximum atomic E-state index is 4.47. The average molecular weight is 333 g/mol. The van der Waals surface area contributed by atoms with E-state index in [1.807, 2.05) is 37.3 Å². The summed E-state index contributed by atoms with van der Waals surface area (Å²) in [6.45, 7) is 4.04. The second kappa shape index (κ2) is 6.74. The van der Waals surface area contributed by atoms with Gasteiger partial charge in [-0.2, -0.15) is 0 Å². The first kappa shape index (κ1) is 14.1. The zero-order chi connectivity index (χ0) is 13.7. The molecule has 1 heterocycles. The van der Waals surface area contributed by atoms with Crippen LogP contribution in [-0.4, -0.2) is 15.7 Å². The largest absolute Gasteiger partial charge is 0.227 e. The van der Waals surface area contributed by atoms with Gasteiger partial charge in [-0.1, -0.05) is 42.8 Å². The highest BCUT2D eigenvalue weighted by Crippen LogP contribution is 2.21. The van der Waals surface area contributed by atoms with Crippen molar-refractivity contribution in [1.29, 1.82) is 0 Å². The highest BCUT2D eigenvalue weighted by Gasteiger charge is 2.07. The predicted octanol–water partition coefficient (Wildman–Crippen LogP) is 4.06. The molecule has 2 aromatic rings. The van der Waals surface area contributed by atoms with Gasteiger partial charge in [0.2, 0.25) is 0 Å². The normalized spacial score (nSPS) is 9.84. The topological polar surface area (TPSA) is 25.8 Å². The van der Waals surface area contributed by atoms with E-state index in [-0.39, 0.29) is 0 Å². The molecule has 19 heavy (non-hydrogen) atoms. The summed E-state index contributed by atoms with van der Waals surface area (Å²) in [6, 6.07) is 9.89. The summed E-state index contributed by atoms with van der Waals surface area (Å²) in [5, 5.41) is 0.778. The third-order valence-corrected chi connectivity index (χ3v) is 4.05. The molecular weight excluding hydrogens is 320 g/mol. The van der Waals surface area contributed by atoms with Crippen LogP contribution >= 0.6 is 27.7 Å². The quantitative estimate of drug-likeness (QED) is 0.471. The molecule has 2 rings (SSSR count). The molecule has 0 saturated heterocycles. The Kier molecular flexibility index (Phi) is 5.00. The van der Waals surface area contributed by atoms with Crippen molar-refractivity contribution >= 4 is 27.7 Å². The summed E-state index contributed by atoms with van der Waals surface area (Å²) in [4.78, 5) is 8.88. The van der Waals surface area contributed by atoms with Gasteiger partial charge in [-0.15, -0.1) is 0 Å². The number of aryl methyl sites for hydroxylation is 1. The van der Waals surface area contributed by atoms with Crippen molar-refractivity contribution in [1.82, 2.24) is 9.97 Å². The Labute approximate surface area is 126 Å². The molecule has 0 atom stereocenters. The molecule has 0 radical (unpaired) electrons. The van der Waals surface area contributed by atoms with Crippen LogP contribution in [0, 0.1) is 18.8 Å². The Hall–Kier alpha value is -1.31. The minimum absolute atomic E-state index is 0.743. The van der Waals surface area contributed by atoms with Crippen LogP contribution in [-0.2, 0) is 0 Å². The van der Waals surface area contributed by atoms with Crippen LogP contribution in [0.3, 0.4) is 0 Å². The molecular formula is C15H13BrN2S. The number of benzene rings is 1. The summed E-state index contributed by atoms with van der Waals surface area (Å²) in [7, 11) is 0. The standard InChI is InChI=1S/C15H13BrN2S/c1-3-19-15-17-11(2)14(16)13(18-15)10-9-12-7-5-4-6-8-12/h4-8H,3H2,1-2H3. The van der Waals surface area contributed by atoms with Gasteiger partial charge in [0.15, 0.2) is 5.16 Å². The van der Waals surface area contributed by atoms with Crippen LogP contribution in [0.25, 0.3) is 0 Å². The minimum Gasteiger partial charge on any atom is -0.227 e. The fourth-order valence-electron chi connectivity index (χ4n) is 1.46. The molecule has 2 nitrogen and oxygen atoms in total. The molecule has 0 aliphatic carbocycles. The highest BCUT2D eigenvalue weighted by molar-refractivity contribution is 9.10. The minimum atomic E-state index is 0.743. The first-order valence-electron chi connectivity index (χ1n) is 5.94. The fourth-order valence-corrected chi connectivity index (χ4v) is 2.35. The Morgan fingerprint density at radius 3 is 2.58 bits per heavy atom. The van der Waals surface area contributed by atoms with Gasteiger partial charge < -0.3 is 0 Å². The smallest absolute Gasteiger partial charge is 0.189 e. The summed E-state index contributed by atoms with van der Waals surface area (Å²) in [6.07, 6.45) is 0. The van der Waals surface area contributed by atoms with Crippen LogP contribution < -0.4 is 0 Å². The summed E-state index contributed by atoms with van der Waals surface area (Å²) >= 11 is 5.13. The van der Waals surface area contributed by atoms with Crippen molar-refractivity contribution in [2.45, 2.75) is 19.0 Å². The van der Waals surface area contributed by atoms with Crippen LogP contribution in [0.4, 0.5) is 0 Å². The van der Waals surface area contributed by atoms with E-state index >= 15 is 0 Å². The van der Waals surface area contributed by atoms with Crippen molar-refractivity contribution < 1.29 is 0 Å². The lowest BCUT2D eigenvalue weighted by Crippen LogP contribution is -1.96. The summed E-state index contributed by atoms with van der Waals surface area (Å²) in [5.41, 5.74) is 2.64. The van der Waals surface area contributed by atoms with Gasteiger partial charge in [-0.05, 0) is 46.7 Å². The SMILES string of the molecule is CCSc1nc(C)c(Br)c(C#Cc2ccccc2)n1. The van der Waals surface area contributed by atoms with Gasteiger partial charge in [-0.3, -0.25) is 0 Å². The molecule has 1 aromatic carbocycles. The van der Waals surface area contributed by atoms with Crippen molar-refractivity contribution in [3.63, 3.8) is 0 Å². The van der Waals surface area contributed by atoms with E-state index < -0.39 is 0 Å². The van der Waals surface area contributed by atoms with Crippen molar-refractivity contribution in [3.8, 4) is 11.8 Å². The van der Waals surface area contributed by atoms with Crippen LogP contribution in [0.1, 0.15) is 23.9 Å². The summed E-state index contributed by atoms with van der Waals surface area (Å²) < 4.78 is 0.872. The third kappa shape index (κ3) is 3.82. The molecule has 0 saturated carbocycles. The molecule has 0 unspecified atom stereocenters. The van der Waals surface area contributed by atoms with E-state index in [0.717, 1.165) is 32.3 Å². The Morgan fingerprint density at radius 1 is 1.16 bits per heavy atom. The number of hydrogen-bond donors (Lipinski definition) is 0. The second-order valence-corrected chi connectivity index (χ2v) is 5.83. The number of thioether (sulfide) groups is 1. The molecule has 0 aliphatic heterocycles. The summed E-state index contributed by atoms with van der Waals surface area (Å²) in [5.74, 6) is 7.18. The molecule has 0 amide bonds. The van der Waals surface area contributed by atoms with E-state index in [1.165, 1.54) is 0 Å². The van der Waals surface area contributed by atoms with E-state index in [0.29, 0.717) is 0 Å². The highest BCUT2D eigenvalue weighted by atomic mass is 79.9. The van der Waals surface area contributed by atoms with E-state index in [1.54, 1.807) is 11.8 Å². The number of hydrogen-bond acceptors (Lipinski definition) is 3. The van der Waals surface area contributed by atoms with E-state index in [2.05, 4.69) is 44.7 Å². The maximum absolute atomic E-state index is 4.47. The molecule has 96 valence electrons. The number of halogens is 1. The van der Waals surface area contributed by atoms with Gasteiger partial charge in [0.1, 0.15) is 5.69 Å². The van der Waals surface area contributed by atoms with Crippen LogP contribution in [0.2, 0.25) is 0 Å². The average Bonchev–Trinajstić information content (AvgIpc) is 2.42. The molecule has 0 aliphatic rings. The second-order valence-electron chi connectivity index (χ2n) is 3.80. The Morgan fingerprint density at radius 2 is 1.89 bits per heavy atom. The molecule has 4 heteroatoms. The number of aromatic nitrogens is 2. The van der Waals surface area contributed by atoms with Gasteiger partial charge in [0.05, 0.1) is 10.2 Å². The first-order chi connectivity index (χ1) is 9.20. The maximum Gasteiger partial charge on any atom is 0.189 e. The monoisotopic (exact) mass is 332 g/mol. The molecule has 0 N–H and O–H groups in total. The van der Waals surface area contributed by atoms with Gasteiger partial charge in [0, 0.05) is 5.56 Å². The number of nitrogens with zero attached hydrogens (tertiary/aromatic N) is 2. The van der Waals surface area contributed by atoms with E-state index in [4.69, 9.17) is 0 Å². The van der Waals surface area contributed by atoms with Gasteiger partial charge in [-0.25, -0.2) is 9.97 Å². The zero-order valence-electron chi connectivity index (χ0n) is 10.8. The Bertz CT molecular complexity index is 630. The van der Waals surface area contributed by atoms with Crippen molar-refractivity contribution in [3.05, 3.63) is 51.8 Å². The lowest BCUT2D eigenvalue weighted by Gasteiger charge is -2.03. The van der Waals surface area contributed by atoms with E-state index in [9.17, 15) is 0 Å². The molecule has 1 aromatic heterocycles. The van der Waals surface area contributed by atoms with Crippen molar-refractivity contribution in [2.75, 3.05) is 5.75 Å². The van der Waals surface area contributed by atoms with Crippen LogP contribution in [0.5, 0.6) is 0 Å². The molecule has 0 fully saturated rings. The number of rotatable bonds is 2. The van der Waals surface area contributed by atoms with Crippen LogP contribution in [0.15, 0.2) is 40.0 Å². The van der Waals surface area contributed by atoms with Crippen molar-refractivity contribution in [2.24, 2.45) is 0 Å². The molecule has 0 spiro atoms. The Balaban J connectivity index is 2.37. The lowest BCUT2D eigenvalue weighted by atomic mass is 10.2. The lowest BCUT2D eigenvalue weighted by molar-refractivity contribution is 0.911. The van der Waals surface area contributed by atoms with Gasteiger partial charge >= 0.3 is 0 Å². The third-order valence-electron chi connectivity index (χ3n) is 2.37. The zero-order valence-corrected chi connectivity index (χ0v) is 13.2. The first-order valence-corrected chi connectivity index (χ1v) is 7.72. The predicted molar refractivity (Wildman–Crippen MR) is 83.3 cm³/mol. The van der Waals surface area contributed by atoms with Gasteiger partial charge in [0.25, 0.3) is 0 Å². The molecule has 0 bridgehead atoms.